The molecule has 2 aromatic rings. The lowest BCUT2D eigenvalue weighted by Crippen LogP contribution is -2.44. The van der Waals surface area contributed by atoms with Crippen LogP contribution in [0.3, 0.4) is 0 Å². The topological polar surface area (TPSA) is 43.6 Å². The van der Waals surface area contributed by atoms with Gasteiger partial charge in [0, 0.05) is 24.4 Å². The summed E-state index contributed by atoms with van der Waals surface area (Å²) in [6.45, 7) is 2.57. The summed E-state index contributed by atoms with van der Waals surface area (Å²) in [5.41, 5.74) is 0.302. The molecule has 2 aromatic heterocycles. The zero-order chi connectivity index (χ0) is 14.0. The molecule has 0 radical (unpaired) electrons. The van der Waals surface area contributed by atoms with E-state index in [1.807, 2.05) is 29.1 Å². The van der Waals surface area contributed by atoms with Crippen molar-refractivity contribution in [2.75, 3.05) is 6.61 Å². The van der Waals surface area contributed by atoms with Crippen LogP contribution < -0.4 is 0 Å². The van der Waals surface area contributed by atoms with E-state index in [2.05, 4.69) is 4.98 Å². The van der Waals surface area contributed by atoms with Crippen molar-refractivity contribution in [2.45, 2.75) is 51.0 Å². The molecule has 5 heteroatoms. The molecule has 0 unspecified atom stereocenters. The quantitative estimate of drug-likeness (QED) is 0.849. The van der Waals surface area contributed by atoms with Crippen molar-refractivity contribution in [1.29, 1.82) is 0 Å². The molecule has 0 N–H and O–H groups in total. The smallest absolute Gasteiger partial charge is 0.193 e. The number of imidazole rings is 1. The lowest BCUT2D eigenvalue weighted by atomic mass is 9.80. The third kappa shape index (κ3) is 2.52. The summed E-state index contributed by atoms with van der Waals surface area (Å²) in [4.78, 5) is 18.2. The number of hydrogen-bond donors (Lipinski definition) is 0. The first-order chi connectivity index (χ1) is 9.73. The molecule has 1 fully saturated rings. The zero-order valence-electron chi connectivity index (χ0n) is 11.8. The van der Waals surface area contributed by atoms with Crippen molar-refractivity contribution >= 4 is 22.1 Å². The molecule has 0 atom stereocenters. The second kappa shape index (κ2) is 5.66. The number of ketones is 1. The lowest BCUT2D eigenvalue weighted by molar-refractivity contribution is -0.148. The number of fused-ring (bicyclic) bond motifs is 1. The summed E-state index contributed by atoms with van der Waals surface area (Å²) in [7, 11) is 0. The Labute approximate surface area is 122 Å². The Balaban J connectivity index is 1.77. The van der Waals surface area contributed by atoms with E-state index in [1.54, 1.807) is 11.3 Å². The van der Waals surface area contributed by atoms with E-state index >= 15 is 0 Å². The van der Waals surface area contributed by atoms with Gasteiger partial charge in [-0.05, 0) is 19.8 Å². The summed E-state index contributed by atoms with van der Waals surface area (Å²) in [6.07, 6.45) is 9.42. The van der Waals surface area contributed by atoms with Crippen LogP contribution in [-0.2, 0) is 16.0 Å². The summed E-state index contributed by atoms with van der Waals surface area (Å²) in [5.74, 6) is 0.199. The Hall–Kier alpha value is -1.20. The molecule has 0 spiro atoms. The Morgan fingerprint density at radius 2 is 2.25 bits per heavy atom. The summed E-state index contributed by atoms with van der Waals surface area (Å²) in [5, 5.41) is 2.00. The van der Waals surface area contributed by atoms with Crippen molar-refractivity contribution in [3.8, 4) is 0 Å². The van der Waals surface area contributed by atoms with Crippen LogP contribution >= 0.6 is 11.3 Å². The van der Waals surface area contributed by atoms with Crippen LogP contribution in [0.1, 0.15) is 44.7 Å². The molecule has 0 aliphatic heterocycles. The van der Waals surface area contributed by atoms with E-state index in [4.69, 9.17) is 4.74 Å². The normalized spacial score (nSPS) is 18.4. The molecule has 2 heterocycles. The van der Waals surface area contributed by atoms with E-state index in [1.165, 1.54) is 6.42 Å². The number of Topliss-reactive ketones (excluding diaryl/α,β-unsaturated/α-hetero) is 1. The van der Waals surface area contributed by atoms with Gasteiger partial charge in [-0.1, -0.05) is 19.3 Å². The molecule has 4 nitrogen and oxygen atoms in total. The molecule has 0 saturated heterocycles. The molecule has 20 heavy (non-hydrogen) atoms. The molecule has 3 rings (SSSR count). The van der Waals surface area contributed by atoms with Gasteiger partial charge in [-0.25, -0.2) is 4.98 Å². The number of ether oxygens (including phenoxy) is 1. The highest BCUT2D eigenvalue weighted by Gasteiger charge is 2.39. The van der Waals surface area contributed by atoms with Gasteiger partial charge in [0.25, 0.3) is 0 Å². The Kier molecular flexibility index (Phi) is 3.89. The molecule has 1 aliphatic rings. The van der Waals surface area contributed by atoms with Gasteiger partial charge >= 0.3 is 0 Å². The second-order valence-electron chi connectivity index (χ2n) is 5.41. The van der Waals surface area contributed by atoms with Crippen molar-refractivity contribution < 1.29 is 9.53 Å². The third-order valence-corrected chi connectivity index (χ3v) is 4.85. The number of aromatic nitrogens is 2. The average molecular weight is 292 g/mol. The average Bonchev–Trinajstić information content (AvgIpc) is 3.01. The maximum atomic E-state index is 12.7. The molecule has 1 aliphatic carbocycles. The van der Waals surface area contributed by atoms with Gasteiger partial charge in [-0.3, -0.25) is 9.20 Å². The first kappa shape index (κ1) is 13.8. The number of carbonyl (C=O) groups excluding carboxylic acids is 1. The van der Waals surface area contributed by atoms with E-state index in [0.29, 0.717) is 13.0 Å². The molecular formula is C15H20N2O2S. The highest BCUT2D eigenvalue weighted by atomic mass is 32.1. The fourth-order valence-corrected chi connectivity index (χ4v) is 3.81. The number of nitrogens with zero attached hydrogens (tertiary/aromatic N) is 2. The summed E-state index contributed by atoms with van der Waals surface area (Å²) in [6, 6.07) is 0. The predicted molar refractivity (Wildman–Crippen MR) is 79.2 cm³/mol. The van der Waals surface area contributed by atoms with Crippen molar-refractivity contribution in [1.82, 2.24) is 9.38 Å². The molecule has 0 amide bonds. The van der Waals surface area contributed by atoms with Gasteiger partial charge in [0.15, 0.2) is 10.7 Å². The Morgan fingerprint density at radius 1 is 1.45 bits per heavy atom. The van der Waals surface area contributed by atoms with Crippen molar-refractivity contribution in [3.05, 3.63) is 23.5 Å². The SMILES string of the molecule is CCOC1(C(=O)Cc2cn3ccsc3n2)CCCCC1. The monoisotopic (exact) mass is 292 g/mol. The van der Waals surface area contributed by atoms with Crippen LogP contribution in [-0.4, -0.2) is 27.4 Å². The van der Waals surface area contributed by atoms with E-state index in [-0.39, 0.29) is 5.78 Å². The van der Waals surface area contributed by atoms with Crippen LogP contribution in [0, 0.1) is 0 Å². The zero-order valence-corrected chi connectivity index (χ0v) is 12.6. The maximum Gasteiger partial charge on any atom is 0.193 e. The fourth-order valence-electron chi connectivity index (χ4n) is 3.09. The number of carbonyl (C=O) groups is 1. The lowest BCUT2D eigenvalue weighted by Gasteiger charge is -2.35. The van der Waals surface area contributed by atoms with Crippen LogP contribution in [0.5, 0.6) is 0 Å². The number of thiazole rings is 1. The van der Waals surface area contributed by atoms with Gasteiger partial charge in [-0.2, -0.15) is 0 Å². The van der Waals surface area contributed by atoms with Crippen molar-refractivity contribution in [2.24, 2.45) is 0 Å². The second-order valence-corrected chi connectivity index (χ2v) is 6.29. The standard InChI is InChI=1S/C15H20N2O2S/c1-2-19-15(6-4-3-5-7-15)13(18)10-12-11-17-8-9-20-14(17)16-12/h8-9,11H,2-7,10H2,1H3. The summed E-state index contributed by atoms with van der Waals surface area (Å²) < 4.78 is 7.85. The van der Waals surface area contributed by atoms with Crippen molar-refractivity contribution in [3.63, 3.8) is 0 Å². The minimum Gasteiger partial charge on any atom is -0.367 e. The first-order valence-corrected chi connectivity index (χ1v) is 8.20. The molecule has 0 aromatic carbocycles. The predicted octanol–water partition coefficient (Wildman–Crippen LogP) is 3.25. The number of hydrogen-bond acceptors (Lipinski definition) is 4. The first-order valence-electron chi connectivity index (χ1n) is 7.32. The summed E-state index contributed by atoms with van der Waals surface area (Å²) >= 11 is 1.59. The highest BCUT2D eigenvalue weighted by Crippen LogP contribution is 2.33. The number of rotatable bonds is 5. The van der Waals surface area contributed by atoms with Crippen LogP contribution in [0.4, 0.5) is 0 Å². The van der Waals surface area contributed by atoms with E-state index < -0.39 is 5.60 Å². The van der Waals surface area contributed by atoms with E-state index in [0.717, 1.165) is 36.3 Å². The highest BCUT2D eigenvalue weighted by molar-refractivity contribution is 7.15. The maximum absolute atomic E-state index is 12.7. The molecule has 1 saturated carbocycles. The van der Waals surface area contributed by atoms with Gasteiger partial charge in [0.2, 0.25) is 0 Å². The molecular weight excluding hydrogens is 272 g/mol. The fraction of sp³-hybridized carbons (Fsp3) is 0.600. The van der Waals surface area contributed by atoms with Gasteiger partial charge in [0.05, 0.1) is 12.1 Å². The van der Waals surface area contributed by atoms with Crippen LogP contribution in [0.2, 0.25) is 0 Å². The minimum atomic E-state index is -0.552. The molecule has 108 valence electrons. The molecule has 0 bridgehead atoms. The van der Waals surface area contributed by atoms with Gasteiger partial charge in [-0.15, -0.1) is 11.3 Å². The van der Waals surface area contributed by atoms with E-state index in [9.17, 15) is 4.79 Å². The van der Waals surface area contributed by atoms with Crippen LogP contribution in [0.25, 0.3) is 4.96 Å². The largest absolute Gasteiger partial charge is 0.367 e. The Bertz CT molecular complexity index is 562. The van der Waals surface area contributed by atoms with Crippen LogP contribution in [0.15, 0.2) is 17.8 Å². The Morgan fingerprint density at radius 3 is 2.95 bits per heavy atom. The van der Waals surface area contributed by atoms with Gasteiger partial charge < -0.3 is 4.74 Å². The van der Waals surface area contributed by atoms with Gasteiger partial charge in [0.1, 0.15) is 5.60 Å². The minimum absolute atomic E-state index is 0.199. The third-order valence-electron chi connectivity index (χ3n) is 4.07.